The van der Waals surface area contributed by atoms with E-state index in [-0.39, 0.29) is 17.5 Å². The summed E-state index contributed by atoms with van der Waals surface area (Å²) in [5.74, 6) is 0.205. The van der Waals surface area contributed by atoms with Crippen LogP contribution in [0, 0.1) is 0 Å². The minimum atomic E-state index is 0.0411. The SMILES string of the molecule is CC(C)n1c(=O)n(C2=CCN(CCCC(=O)c3ccccc3)CC2)c2ccccc21. The van der Waals surface area contributed by atoms with Crippen molar-refractivity contribution >= 4 is 22.5 Å². The first-order chi connectivity index (χ1) is 14.6. The van der Waals surface area contributed by atoms with Gasteiger partial charge in [0.2, 0.25) is 0 Å². The Labute approximate surface area is 177 Å². The molecule has 3 aromatic rings. The van der Waals surface area contributed by atoms with E-state index in [1.54, 1.807) is 0 Å². The van der Waals surface area contributed by atoms with Gasteiger partial charge in [-0.05, 0) is 38.9 Å². The molecule has 1 aliphatic rings. The molecule has 0 N–H and O–H groups in total. The number of aromatic nitrogens is 2. The van der Waals surface area contributed by atoms with Crippen LogP contribution in [0.3, 0.4) is 0 Å². The van der Waals surface area contributed by atoms with E-state index in [0.717, 1.165) is 54.8 Å². The molecule has 0 spiro atoms. The second-order valence-electron chi connectivity index (χ2n) is 8.21. The van der Waals surface area contributed by atoms with Crippen LogP contribution in [-0.2, 0) is 0 Å². The van der Waals surface area contributed by atoms with Crippen LogP contribution < -0.4 is 5.69 Å². The van der Waals surface area contributed by atoms with Gasteiger partial charge in [-0.25, -0.2) is 4.79 Å². The maximum atomic E-state index is 13.1. The number of benzene rings is 2. The number of carbonyl (C=O) groups excluding carboxylic acids is 1. The molecule has 4 rings (SSSR count). The van der Waals surface area contributed by atoms with Crippen LogP contribution in [-0.4, -0.2) is 39.5 Å². The van der Waals surface area contributed by atoms with Gasteiger partial charge in [-0.15, -0.1) is 0 Å². The summed E-state index contributed by atoms with van der Waals surface area (Å²) >= 11 is 0. The lowest BCUT2D eigenvalue weighted by atomic mass is 10.1. The lowest BCUT2D eigenvalue weighted by molar-refractivity contribution is 0.0975. The summed E-state index contributed by atoms with van der Waals surface area (Å²) in [4.78, 5) is 27.8. The quantitative estimate of drug-likeness (QED) is 0.542. The van der Waals surface area contributed by atoms with Gasteiger partial charge < -0.3 is 0 Å². The first-order valence-corrected chi connectivity index (χ1v) is 10.8. The Balaban J connectivity index is 1.43. The molecule has 1 aromatic heterocycles. The molecule has 0 saturated heterocycles. The van der Waals surface area contributed by atoms with Crippen molar-refractivity contribution in [1.82, 2.24) is 14.0 Å². The summed E-state index contributed by atoms with van der Waals surface area (Å²) in [5.41, 5.74) is 3.87. The van der Waals surface area contributed by atoms with E-state index in [1.165, 1.54) is 0 Å². The van der Waals surface area contributed by atoms with E-state index in [2.05, 4.69) is 11.0 Å². The van der Waals surface area contributed by atoms with E-state index >= 15 is 0 Å². The number of hydrogen-bond acceptors (Lipinski definition) is 3. The van der Waals surface area contributed by atoms with Gasteiger partial charge in [0, 0.05) is 43.2 Å². The Morgan fingerprint density at radius 1 is 1.00 bits per heavy atom. The molecule has 1 aliphatic heterocycles. The maximum absolute atomic E-state index is 13.1. The molecule has 0 aliphatic carbocycles. The van der Waals surface area contributed by atoms with E-state index < -0.39 is 0 Å². The van der Waals surface area contributed by atoms with Crippen molar-refractivity contribution < 1.29 is 4.79 Å². The monoisotopic (exact) mass is 403 g/mol. The summed E-state index contributed by atoms with van der Waals surface area (Å²) in [5, 5.41) is 0. The second kappa shape index (κ2) is 8.84. The van der Waals surface area contributed by atoms with Gasteiger partial charge in [-0.2, -0.15) is 0 Å². The van der Waals surface area contributed by atoms with Crippen LogP contribution >= 0.6 is 0 Å². The number of para-hydroxylation sites is 2. The molecule has 0 unspecified atom stereocenters. The first-order valence-electron chi connectivity index (χ1n) is 10.8. The fraction of sp³-hybridized carbons (Fsp3) is 0.360. The van der Waals surface area contributed by atoms with Gasteiger partial charge >= 0.3 is 5.69 Å². The molecule has 2 aromatic carbocycles. The predicted molar refractivity (Wildman–Crippen MR) is 122 cm³/mol. The average Bonchev–Trinajstić information content (AvgIpc) is 3.06. The van der Waals surface area contributed by atoms with Crippen molar-refractivity contribution in [2.45, 2.75) is 39.2 Å². The van der Waals surface area contributed by atoms with Gasteiger partial charge in [0.05, 0.1) is 11.0 Å². The number of carbonyl (C=O) groups is 1. The molecule has 30 heavy (non-hydrogen) atoms. The molecule has 0 saturated carbocycles. The van der Waals surface area contributed by atoms with E-state index in [9.17, 15) is 9.59 Å². The Bertz CT molecular complexity index is 1120. The van der Waals surface area contributed by atoms with Gasteiger partial charge in [0.1, 0.15) is 0 Å². The third-order valence-electron chi connectivity index (χ3n) is 5.83. The highest BCUT2D eigenvalue weighted by atomic mass is 16.2. The van der Waals surface area contributed by atoms with Crippen molar-refractivity contribution in [2.24, 2.45) is 0 Å². The zero-order chi connectivity index (χ0) is 21.1. The van der Waals surface area contributed by atoms with Crippen molar-refractivity contribution in [3.63, 3.8) is 0 Å². The maximum Gasteiger partial charge on any atom is 0.333 e. The fourth-order valence-corrected chi connectivity index (χ4v) is 4.29. The number of nitrogens with zero attached hydrogens (tertiary/aromatic N) is 3. The molecule has 0 amide bonds. The molecular formula is C25H29N3O2. The van der Waals surface area contributed by atoms with E-state index in [1.807, 2.05) is 77.6 Å². The predicted octanol–water partition coefficient (Wildman–Crippen LogP) is 4.59. The minimum Gasteiger partial charge on any atom is -0.299 e. The summed E-state index contributed by atoms with van der Waals surface area (Å²) in [7, 11) is 0. The van der Waals surface area contributed by atoms with E-state index in [4.69, 9.17) is 0 Å². The van der Waals surface area contributed by atoms with Crippen LogP contribution in [0.1, 0.15) is 49.5 Å². The number of rotatable bonds is 7. The van der Waals surface area contributed by atoms with Crippen LogP contribution in [0.15, 0.2) is 65.5 Å². The second-order valence-corrected chi connectivity index (χ2v) is 8.21. The van der Waals surface area contributed by atoms with Crippen molar-refractivity contribution in [2.75, 3.05) is 19.6 Å². The number of ketones is 1. The van der Waals surface area contributed by atoms with Crippen molar-refractivity contribution in [3.05, 3.63) is 76.7 Å². The number of imidazole rings is 1. The van der Waals surface area contributed by atoms with E-state index in [0.29, 0.717) is 6.42 Å². The van der Waals surface area contributed by atoms with Gasteiger partial charge in [0.25, 0.3) is 0 Å². The number of Topliss-reactive ketones (excluding diaryl/α,β-unsaturated/α-hetero) is 1. The summed E-state index contributed by atoms with van der Waals surface area (Å²) in [6.07, 6.45) is 4.42. The third kappa shape index (κ3) is 4.03. The highest BCUT2D eigenvalue weighted by Crippen LogP contribution is 2.23. The number of hydrogen-bond donors (Lipinski definition) is 0. The normalized spacial score (nSPS) is 15.0. The van der Waals surface area contributed by atoms with Crippen LogP contribution in [0.2, 0.25) is 0 Å². The summed E-state index contributed by atoms with van der Waals surface area (Å²) in [6.45, 7) is 6.70. The largest absolute Gasteiger partial charge is 0.333 e. The molecule has 5 nitrogen and oxygen atoms in total. The lowest BCUT2D eigenvalue weighted by Gasteiger charge is -2.26. The van der Waals surface area contributed by atoms with Gasteiger partial charge in [-0.1, -0.05) is 48.5 Å². The van der Waals surface area contributed by atoms with Crippen LogP contribution in [0.4, 0.5) is 0 Å². The fourth-order valence-electron chi connectivity index (χ4n) is 4.29. The lowest BCUT2D eigenvalue weighted by Crippen LogP contribution is -2.33. The molecule has 2 heterocycles. The molecule has 0 fully saturated rings. The number of fused-ring (bicyclic) bond motifs is 1. The molecule has 156 valence electrons. The van der Waals surface area contributed by atoms with Gasteiger partial charge in [0.15, 0.2) is 5.78 Å². The third-order valence-corrected chi connectivity index (χ3v) is 5.83. The Morgan fingerprint density at radius 3 is 2.37 bits per heavy atom. The van der Waals surface area contributed by atoms with Crippen LogP contribution in [0.5, 0.6) is 0 Å². The smallest absolute Gasteiger partial charge is 0.299 e. The van der Waals surface area contributed by atoms with Crippen LogP contribution in [0.25, 0.3) is 16.7 Å². The highest BCUT2D eigenvalue weighted by Gasteiger charge is 2.20. The van der Waals surface area contributed by atoms with Crippen molar-refractivity contribution in [3.8, 4) is 0 Å². The standard InChI is InChI=1S/C25H29N3O2/c1-19(2)27-22-11-6-7-12-23(22)28(25(27)30)21-14-17-26(18-15-21)16-8-13-24(29)20-9-4-3-5-10-20/h3-7,9-12,14,19H,8,13,15-18H2,1-2H3. The van der Waals surface area contributed by atoms with Crippen molar-refractivity contribution in [1.29, 1.82) is 0 Å². The Hall–Kier alpha value is -2.92. The molecule has 0 bridgehead atoms. The Morgan fingerprint density at radius 2 is 1.70 bits per heavy atom. The highest BCUT2D eigenvalue weighted by molar-refractivity contribution is 5.95. The average molecular weight is 404 g/mol. The zero-order valence-electron chi connectivity index (χ0n) is 17.8. The first kappa shape index (κ1) is 20.4. The zero-order valence-corrected chi connectivity index (χ0v) is 17.8. The molecule has 0 radical (unpaired) electrons. The molecule has 0 atom stereocenters. The molecule has 5 heteroatoms. The topological polar surface area (TPSA) is 47.2 Å². The summed E-state index contributed by atoms with van der Waals surface area (Å²) in [6, 6.07) is 17.6. The minimum absolute atomic E-state index is 0.0411. The van der Waals surface area contributed by atoms with Gasteiger partial charge in [-0.3, -0.25) is 18.8 Å². The Kier molecular flexibility index (Phi) is 6.00. The summed E-state index contributed by atoms with van der Waals surface area (Å²) < 4.78 is 3.75. The molecular weight excluding hydrogens is 374 g/mol.